The second kappa shape index (κ2) is 6.54. The van der Waals surface area contributed by atoms with Gasteiger partial charge in [0, 0.05) is 32.2 Å². The zero-order valence-electron chi connectivity index (χ0n) is 12.7. The van der Waals surface area contributed by atoms with Crippen molar-refractivity contribution in [3.8, 4) is 0 Å². The molecule has 0 spiro atoms. The first kappa shape index (κ1) is 16.4. The van der Waals surface area contributed by atoms with Crippen molar-refractivity contribution in [3.63, 3.8) is 0 Å². The Hall–Kier alpha value is -1.51. The van der Waals surface area contributed by atoms with Gasteiger partial charge in [-0.25, -0.2) is 17.5 Å². The number of rotatable bonds is 4. The first-order valence-electron chi connectivity index (χ1n) is 7.73. The predicted molar refractivity (Wildman–Crippen MR) is 82.7 cm³/mol. The summed E-state index contributed by atoms with van der Waals surface area (Å²) in [6.07, 6.45) is 1.42. The van der Waals surface area contributed by atoms with E-state index < -0.39 is 15.8 Å². The summed E-state index contributed by atoms with van der Waals surface area (Å²) < 4.78 is 40.5. The van der Waals surface area contributed by atoms with E-state index >= 15 is 0 Å². The summed E-state index contributed by atoms with van der Waals surface area (Å²) in [4.78, 5) is 13.9. The number of halogens is 1. The van der Waals surface area contributed by atoms with Gasteiger partial charge >= 0.3 is 0 Å². The lowest BCUT2D eigenvalue weighted by Gasteiger charge is -2.37. The molecule has 2 aliphatic rings. The molecule has 1 unspecified atom stereocenters. The van der Waals surface area contributed by atoms with Crippen LogP contribution in [0, 0.1) is 11.7 Å². The highest BCUT2D eigenvalue weighted by molar-refractivity contribution is 7.89. The summed E-state index contributed by atoms with van der Waals surface area (Å²) in [5.41, 5.74) is 0. The molecule has 2 heterocycles. The van der Waals surface area contributed by atoms with Crippen molar-refractivity contribution >= 4 is 15.9 Å². The molecule has 2 N–H and O–H groups in total. The number of carbonyl (C=O) groups excluding carboxylic acids is 1. The molecule has 0 aromatic heterocycles. The zero-order valence-corrected chi connectivity index (χ0v) is 13.5. The third kappa shape index (κ3) is 3.70. The number of amides is 1. The highest BCUT2D eigenvalue weighted by atomic mass is 32.2. The van der Waals surface area contributed by atoms with Crippen LogP contribution in [0.1, 0.15) is 12.8 Å². The topological polar surface area (TPSA) is 78.5 Å². The van der Waals surface area contributed by atoms with Crippen LogP contribution in [-0.4, -0.2) is 51.4 Å². The second-order valence-electron chi connectivity index (χ2n) is 6.06. The number of piperidine rings is 1. The Morgan fingerprint density at radius 2 is 2.13 bits per heavy atom. The normalized spacial score (nSPS) is 22.7. The SMILES string of the molecule is O=C(C1CNC1)N1CCCC(NS(=O)(=O)c2cccc(F)c2)C1. The maximum absolute atomic E-state index is 13.2. The van der Waals surface area contributed by atoms with E-state index in [2.05, 4.69) is 10.0 Å². The van der Waals surface area contributed by atoms with Gasteiger partial charge in [0.25, 0.3) is 0 Å². The lowest BCUT2D eigenvalue weighted by molar-refractivity contribution is -0.138. The summed E-state index contributed by atoms with van der Waals surface area (Å²) in [5.74, 6) is -0.502. The molecule has 23 heavy (non-hydrogen) atoms. The third-order valence-corrected chi connectivity index (χ3v) is 5.81. The van der Waals surface area contributed by atoms with Gasteiger partial charge in [-0.05, 0) is 31.0 Å². The van der Waals surface area contributed by atoms with E-state index in [1.807, 2.05) is 0 Å². The molecule has 1 aromatic rings. The van der Waals surface area contributed by atoms with Crippen molar-refractivity contribution in [3.05, 3.63) is 30.1 Å². The number of sulfonamides is 1. The molecule has 1 aromatic carbocycles. The Morgan fingerprint density at radius 3 is 2.78 bits per heavy atom. The van der Waals surface area contributed by atoms with Crippen molar-refractivity contribution in [1.29, 1.82) is 0 Å². The molecule has 6 nitrogen and oxygen atoms in total. The summed E-state index contributed by atoms with van der Waals surface area (Å²) in [6.45, 7) is 2.40. The number of likely N-dealkylation sites (tertiary alicyclic amines) is 1. The molecule has 126 valence electrons. The van der Waals surface area contributed by atoms with Crippen LogP contribution in [0.25, 0.3) is 0 Å². The summed E-state index contributed by atoms with van der Waals surface area (Å²) in [6, 6.07) is 4.58. The third-order valence-electron chi connectivity index (χ3n) is 4.29. The molecule has 0 bridgehead atoms. The zero-order chi connectivity index (χ0) is 16.4. The van der Waals surface area contributed by atoms with Gasteiger partial charge in [-0.2, -0.15) is 0 Å². The fourth-order valence-electron chi connectivity index (χ4n) is 2.92. The Morgan fingerprint density at radius 1 is 1.35 bits per heavy atom. The van der Waals surface area contributed by atoms with E-state index in [9.17, 15) is 17.6 Å². The van der Waals surface area contributed by atoms with Gasteiger partial charge in [-0.15, -0.1) is 0 Å². The monoisotopic (exact) mass is 341 g/mol. The molecule has 0 aliphatic carbocycles. The van der Waals surface area contributed by atoms with Crippen molar-refractivity contribution in [2.45, 2.75) is 23.8 Å². The van der Waals surface area contributed by atoms with E-state index in [4.69, 9.17) is 0 Å². The Bertz CT molecular complexity index is 691. The molecule has 2 aliphatic heterocycles. The van der Waals surface area contributed by atoms with E-state index in [-0.39, 0.29) is 22.8 Å². The van der Waals surface area contributed by atoms with E-state index in [0.29, 0.717) is 32.6 Å². The maximum atomic E-state index is 13.2. The predicted octanol–water partition coefficient (Wildman–Crippen LogP) is 0.314. The minimum atomic E-state index is -3.78. The minimum absolute atomic E-state index is 0.00794. The van der Waals surface area contributed by atoms with Gasteiger partial charge in [0.05, 0.1) is 10.8 Å². The Labute approximate surface area is 135 Å². The first-order chi connectivity index (χ1) is 11.0. The highest BCUT2D eigenvalue weighted by Crippen LogP contribution is 2.18. The number of hydrogen-bond acceptors (Lipinski definition) is 4. The molecule has 8 heteroatoms. The number of benzene rings is 1. The van der Waals surface area contributed by atoms with E-state index in [0.717, 1.165) is 12.5 Å². The molecule has 0 saturated carbocycles. The van der Waals surface area contributed by atoms with Crippen LogP contribution in [0.4, 0.5) is 4.39 Å². The van der Waals surface area contributed by atoms with Gasteiger partial charge in [0.15, 0.2) is 0 Å². The van der Waals surface area contributed by atoms with Crippen LogP contribution in [-0.2, 0) is 14.8 Å². The van der Waals surface area contributed by atoms with Gasteiger partial charge < -0.3 is 10.2 Å². The number of nitrogens with one attached hydrogen (secondary N) is 2. The summed E-state index contributed by atoms with van der Waals surface area (Å²) >= 11 is 0. The Balaban J connectivity index is 1.66. The van der Waals surface area contributed by atoms with Gasteiger partial charge in [-0.1, -0.05) is 6.07 Å². The average Bonchev–Trinajstić information content (AvgIpc) is 2.45. The van der Waals surface area contributed by atoms with Gasteiger partial charge in [0.2, 0.25) is 15.9 Å². The molecule has 2 saturated heterocycles. The van der Waals surface area contributed by atoms with Crippen LogP contribution in [0.5, 0.6) is 0 Å². The summed E-state index contributed by atoms with van der Waals surface area (Å²) in [5, 5.41) is 3.06. The van der Waals surface area contributed by atoms with Crippen LogP contribution < -0.4 is 10.0 Å². The molecule has 1 amide bonds. The van der Waals surface area contributed by atoms with Crippen LogP contribution in [0.2, 0.25) is 0 Å². The molecule has 0 radical (unpaired) electrons. The number of carbonyl (C=O) groups is 1. The van der Waals surface area contributed by atoms with E-state index in [1.165, 1.54) is 18.2 Å². The van der Waals surface area contributed by atoms with Crippen molar-refractivity contribution in [2.75, 3.05) is 26.2 Å². The number of nitrogens with zero attached hydrogens (tertiary/aromatic N) is 1. The Kier molecular flexibility index (Phi) is 4.65. The quantitative estimate of drug-likeness (QED) is 0.826. The van der Waals surface area contributed by atoms with Gasteiger partial charge in [-0.3, -0.25) is 4.79 Å². The fraction of sp³-hybridized carbons (Fsp3) is 0.533. The lowest BCUT2D eigenvalue weighted by Crippen LogP contribution is -2.56. The minimum Gasteiger partial charge on any atom is -0.341 e. The molecule has 1 atom stereocenters. The van der Waals surface area contributed by atoms with Gasteiger partial charge in [0.1, 0.15) is 5.82 Å². The summed E-state index contributed by atoms with van der Waals surface area (Å²) in [7, 11) is -3.78. The average molecular weight is 341 g/mol. The van der Waals surface area contributed by atoms with E-state index in [1.54, 1.807) is 4.90 Å². The fourth-order valence-corrected chi connectivity index (χ4v) is 4.21. The first-order valence-corrected chi connectivity index (χ1v) is 9.21. The molecule has 3 rings (SSSR count). The van der Waals surface area contributed by atoms with Crippen LogP contribution in [0.15, 0.2) is 29.2 Å². The molecule has 2 fully saturated rings. The molecular weight excluding hydrogens is 321 g/mol. The largest absolute Gasteiger partial charge is 0.341 e. The van der Waals surface area contributed by atoms with Crippen LogP contribution >= 0.6 is 0 Å². The van der Waals surface area contributed by atoms with Crippen molar-refractivity contribution < 1.29 is 17.6 Å². The standard InChI is InChI=1S/C15H20FN3O3S/c16-12-3-1-5-14(7-12)23(21,22)18-13-4-2-6-19(10-13)15(20)11-8-17-9-11/h1,3,5,7,11,13,17-18H,2,4,6,8-10H2. The van der Waals surface area contributed by atoms with Crippen molar-refractivity contribution in [2.24, 2.45) is 5.92 Å². The number of hydrogen-bond donors (Lipinski definition) is 2. The lowest BCUT2D eigenvalue weighted by atomic mass is 9.99. The smallest absolute Gasteiger partial charge is 0.240 e. The second-order valence-corrected chi connectivity index (χ2v) is 7.77. The van der Waals surface area contributed by atoms with Crippen LogP contribution in [0.3, 0.4) is 0 Å². The van der Waals surface area contributed by atoms with Crippen molar-refractivity contribution in [1.82, 2.24) is 14.9 Å². The maximum Gasteiger partial charge on any atom is 0.240 e. The highest BCUT2D eigenvalue weighted by Gasteiger charge is 2.33. The molecular formula is C15H20FN3O3S.